The van der Waals surface area contributed by atoms with Crippen molar-refractivity contribution in [1.82, 2.24) is 5.32 Å². The van der Waals surface area contributed by atoms with Crippen molar-refractivity contribution < 1.29 is 32.3 Å². The second-order valence-corrected chi connectivity index (χ2v) is 8.25. The Morgan fingerprint density at radius 3 is 2.66 bits per heavy atom. The van der Waals surface area contributed by atoms with Gasteiger partial charge in [0.2, 0.25) is 0 Å². The zero-order valence-corrected chi connectivity index (χ0v) is 18.6. The van der Waals surface area contributed by atoms with E-state index in [0.29, 0.717) is 23.3 Å². The van der Waals surface area contributed by atoms with Gasteiger partial charge in [0.25, 0.3) is 0 Å². The van der Waals surface area contributed by atoms with Crippen molar-refractivity contribution in [3.63, 3.8) is 0 Å². The molecule has 0 saturated carbocycles. The Bertz CT molecular complexity index is 1390. The molecule has 1 aromatic heterocycles. The van der Waals surface area contributed by atoms with Crippen molar-refractivity contribution >= 4 is 22.9 Å². The van der Waals surface area contributed by atoms with Gasteiger partial charge < -0.3 is 19.2 Å². The Hall–Kier alpha value is -4.04. The number of carbonyl (C=O) groups excluding carboxylic acids is 2. The number of hydrogen-bond donors (Lipinski definition) is 1. The molecule has 1 atom stereocenters. The number of furan rings is 1. The standard InChI is InChI=1S/C27H21F2NO5/c28-22-14-21(24(29)20-10-12-33-25(20)22)17-6-8-19(9-7-17)34-15-16-3-1-4-18(13-16)26(31)35-27(32)23-5-2-11-30-23/h1,3-4,6-10,12-14,23,30H,2,5,11,15H2/t23-/m0/s1. The van der Waals surface area contributed by atoms with E-state index < -0.39 is 29.6 Å². The summed E-state index contributed by atoms with van der Waals surface area (Å²) in [5, 5.41) is 3.08. The van der Waals surface area contributed by atoms with Crippen LogP contribution in [0.25, 0.3) is 22.1 Å². The molecule has 0 radical (unpaired) electrons. The molecule has 1 saturated heterocycles. The van der Waals surface area contributed by atoms with Crippen LogP contribution in [0, 0.1) is 11.6 Å². The van der Waals surface area contributed by atoms with Crippen LogP contribution in [0.15, 0.2) is 71.3 Å². The highest BCUT2D eigenvalue weighted by atomic mass is 19.1. The Morgan fingerprint density at radius 2 is 1.89 bits per heavy atom. The quantitative estimate of drug-likeness (QED) is 0.296. The van der Waals surface area contributed by atoms with Crippen molar-refractivity contribution in [3.8, 4) is 16.9 Å². The van der Waals surface area contributed by atoms with Gasteiger partial charge in [-0.15, -0.1) is 0 Å². The van der Waals surface area contributed by atoms with Crippen molar-refractivity contribution in [2.24, 2.45) is 0 Å². The second kappa shape index (κ2) is 9.68. The van der Waals surface area contributed by atoms with Crippen LogP contribution in [0.5, 0.6) is 5.75 Å². The highest BCUT2D eigenvalue weighted by Gasteiger charge is 2.26. The maximum atomic E-state index is 14.8. The fourth-order valence-corrected chi connectivity index (χ4v) is 4.07. The largest absolute Gasteiger partial charge is 0.489 e. The summed E-state index contributed by atoms with van der Waals surface area (Å²) in [6.45, 7) is 0.885. The molecule has 6 nitrogen and oxygen atoms in total. The van der Waals surface area contributed by atoms with E-state index >= 15 is 0 Å². The van der Waals surface area contributed by atoms with Crippen LogP contribution in [0.3, 0.4) is 0 Å². The van der Waals surface area contributed by atoms with E-state index in [2.05, 4.69) is 5.32 Å². The first kappa shape index (κ1) is 22.7. The van der Waals surface area contributed by atoms with Gasteiger partial charge in [0.05, 0.1) is 17.2 Å². The number of rotatable bonds is 6. The van der Waals surface area contributed by atoms with Gasteiger partial charge in [-0.3, -0.25) is 0 Å². The van der Waals surface area contributed by atoms with Gasteiger partial charge in [-0.05, 0) is 66.9 Å². The summed E-state index contributed by atoms with van der Waals surface area (Å²) in [6, 6.07) is 15.3. The molecular weight excluding hydrogens is 456 g/mol. The predicted molar refractivity (Wildman–Crippen MR) is 124 cm³/mol. The molecule has 0 unspecified atom stereocenters. The maximum absolute atomic E-state index is 14.8. The van der Waals surface area contributed by atoms with Crippen molar-refractivity contribution in [1.29, 1.82) is 0 Å². The van der Waals surface area contributed by atoms with E-state index in [-0.39, 0.29) is 28.7 Å². The molecule has 8 heteroatoms. The van der Waals surface area contributed by atoms with Gasteiger partial charge in [0, 0.05) is 5.56 Å². The average Bonchev–Trinajstić information content (AvgIpc) is 3.59. The van der Waals surface area contributed by atoms with E-state index in [0.717, 1.165) is 19.0 Å². The number of hydrogen-bond acceptors (Lipinski definition) is 6. The van der Waals surface area contributed by atoms with Crippen LogP contribution in [0.2, 0.25) is 0 Å². The molecule has 5 rings (SSSR count). The Balaban J connectivity index is 1.24. The Labute approximate surface area is 199 Å². The molecule has 0 spiro atoms. The third-order valence-electron chi connectivity index (χ3n) is 5.90. The lowest BCUT2D eigenvalue weighted by atomic mass is 10.0. The van der Waals surface area contributed by atoms with Gasteiger partial charge in [-0.25, -0.2) is 18.4 Å². The van der Waals surface area contributed by atoms with Crippen molar-refractivity contribution in [2.45, 2.75) is 25.5 Å². The van der Waals surface area contributed by atoms with Gasteiger partial charge in [-0.1, -0.05) is 24.3 Å². The molecule has 178 valence electrons. The third-order valence-corrected chi connectivity index (χ3v) is 5.90. The van der Waals surface area contributed by atoms with Crippen LogP contribution in [0.4, 0.5) is 8.78 Å². The molecule has 0 amide bonds. The van der Waals surface area contributed by atoms with Crippen molar-refractivity contribution in [2.75, 3.05) is 6.54 Å². The highest BCUT2D eigenvalue weighted by Crippen LogP contribution is 2.32. The predicted octanol–water partition coefficient (Wildman–Crippen LogP) is 5.39. The van der Waals surface area contributed by atoms with Gasteiger partial charge in [0.1, 0.15) is 24.2 Å². The molecule has 3 aromatic carbocycles. The number of ether oxygens (including phenoxy) is 2. The minimum absolute atomic E-state index is 0.0833. The lowest BCUT2D eigenvalue weighted by molar-refractivity contribution is -0.139. The number of nitrogens with one attached hydrogen (secondary N) is 1. The van der Waals surface area contributed by atoms with Crippen LogP contribution in [-0.4, -0.2) is 24.5 Å². The molecule has 0 aliphatic carbocycles. The van der Waals surface area contributed by atoms with Crippen LogP contribution in [-0.2, 0) is 16.1 Å². The van der Waals surface area contributed by atoms with E-state index in [9.17, 15) is 18.4 Å². The van der Waals surface area contributed by atoms with Gasteiger partial charge in [0.15, 0.2) is 11.4 Å². The maximum Gasteiger partial charge on any atom is 0.345 e. The lowest BCUT2D eigenvalue weighted by Gasteiger charge is -2.11. The van der Waals surface area contributed by atoms with Gasteiger partial charge >= 0.3 is 11.9 Å². The minimum Gasteiger partial charge on any atom is -0.489 e. The fourth-order valence-electron chi connectivity index (χ4n) is 4.07. The van der Waals surface area contributed by atoms with Crippen LogP contribution in [0.1, 0.15) is 28.8 Å². The van der Waals surface area contributed by atoms with E-state index in [1.807, 2.05) is 0 Å². The minimum atomic E-state index is -0.709. The number of halogens is 2. The number of fused-ring (bicyclic) bond motifs is 1. The molecule has 1 N–H and O–H groups in total. The smallest absolute Gasteiger partial charge is 0.345 e. The van der Waals surface area contributed by atoms with E-state index in [1.165, 1.54) is 12.3 Å². The summed E-state index contributed by atoms with van der Waals surface area (Å²) in [7, 11) is 0. The number of carbonyl (C=O) groups is 2. The molecule has 35 heavy (non-hydrogen) atoms. The molecule has 1 fully saturated rings. The Kier molecular flexibility index (Phi) is 6.29. The lowest BCUT2D eigenvalue weighted by Crippen LogP contribution is -2.33. The SMILES string of the molecule is O=C(OC(=O)[C@@H]1CCCN1)c1cccc(COc2ccc(-c3cc(F)c4occc4c3F)cc2)c1. The summed E-state index contributed by atoms with van der Waals surface area (Å²) < 4.78 is 44.8. The summed E-state index contributed by atoms with van der Waals surface area (Å²) in [4.78, 5) is 24.4. The molecule has 1 aliphatic rings. The van der Waals surface area contributed by atoms with E-state index in [1.54, 1.807) is 48.5 Å². The molecule has 0 bridgehead atoms. The second-order valence-electron chi connectivity index (χ2n) is 8.25. The normalized spacial score (nSPS) is 15.3. The zero-order chi connectivity index (χ0) is 24.4. The molecule has 4 aromatic rings. The topological polar surface area (TPSA) is 77.8 Å². The number of esters is 2. The van der Waals surface area contributed by atoms with Crippen LogP contribution >= 0.6 is 0 Å². The average molecular weight is 477 g/mol. The first-order valence-electron chi connectivity index (χ1n) is 11.2. The first-order valence-corrected chi connectivity index (χ1v) is 11.2. The fraction of sp³-hybridized carbons (Fsp3) is 0.185. The van der Waals surface area contributed by atoms with Crippen molar-refractivity contribution in [3.05, 3.63) is 89.7 Å². The van der Waals surface area contributed by atoms with E-state index in [4.69, 9.17) is 13.9 Å². The summed E-state index contributed by atoms with van der Waals surface area (Å²) in [5.74, 6) is -1.97. The highest BCUT2D eigenvalue weighted by molar-refractivity contribution is 5.98. The third kappa shape index (κ3) is 4.79. The monoisotopic (exact) mass is 477 g/mol. The number of benzene rings is 3. The van der Waals surface area contributed by atoms with Gasteiger partial charge in [-0.2, -0.15) is 0 Å². The van der Waals surface area contributed by atoms with Crippen LogP contribution < -0.4 is 10.1 Å². The molecular formula is C27H21F2NO5. The zero-order valence-electron chi connectivity index (χ0n) is 18.6. The molecule has 2 heterocycles. The molecule has 1 aliphatic heterocycles. The summed E-state index contributed by atoms with van der Waals surface area (Å²) >= 11 is 0. The summed E-state index contributed by atoms with van der Waals surface area (Å²) in [6.07, 6.45) is 2.77. The Morgan fingerprint density at radius 1 is 1.06 bits per heavy atom. The first-order chi connectivity index (χ1) is 17.0. The summed E-state index contributed by atoms with van der Waals surface area (Å²) in [5.41, 5.74) is 1.45.